The van der Waals surface area contributed by atoms with Crippen molar-refractivity contribution in [3.05, 3.63) is 35.4 Å². The lowest BCUT2D eigenvalue weighted by Crippen LogP contribution is -2.11. The molecule has 0 heterocycles. The van der Waals surface area contributed by atoms with Crippen molar-refractivity contribution in [2.24, 2.45) is 5.92 Å². The Balaban J connectivity index is 1.93. The van der Waals surface area contributed by atoms with Gasteiger partial charge in [0.05, 0.1) is 6.10 Å². The van der Waals surface area contributed by atoms with Gasteiger partial charge >= 0.3 is 0 Å². The smallest absolute Gasteiger partial charge is 0.0792 e. The van der Waals surface area contributed by atoms with Gasteiger partial charge in [-0.15, -0.1) is 0 Å². The van der Waals surface area contributed by atoms with Gasteiger partial charge in [0.15, 0.2) is 0 Å². The van der Waals surface area contributed by atoms with Gasteiger partial charge in [-0.25, -0.2) is 0 Å². The van der Waals surface area contributed by atoms with Gasteiger partial charge in [-0.1, -0.05) is 70.2 Å². The second-order valence-electron chi connectivity index (χ2n) is 6.08. The number of benzene rings is 1. The number of aliphatic hydroxyl groups is 1. The predicted octanol–water partition coefficient (Wildman–Crippen LogP) is 4.81. The summed E-state index contributed by atoms with van der Waals surface area (Å²) >= 11 is 0. The average molecular weight is 246 g/mol. The summed E-state index contributed by atoms with van der Waals surface area (Å²) in [6.45, 7) is 4.40. The Morgan fingerprint density at radius 2 is 1.56 bits per heavy atom. The van der Waals surface area contributed by atoms with Gasteiger partial charge in [0.25, 0.3) is 0 Å². The van der Waals surface area contributed by atoms with Crippen LogP contribution in [0.15, 0.2) is 24.3 Å². The largest absolute Gasteiger partial charge is 0.388 e. The SMILES string of the molecule is CC(C)c1ccc(C(O)CC2CCCCC2)cc1. The molecule has 0 aromatic heterocycles. The summed E-state index contributed by atoms with van der Waals surface area (Å²) < 4.78 is 0. The Morgan fingerprint density at radius 1 is 1.00 bits per heavy atom. The monoisotopic (exact) mass is 246 g/mol. The summed E-state index contributed by atoms with van der Waals surface area (Å²) in [6, 6.07) is 8.51. The maximum Gasteiger partial charge on any atom is 0.0792 e. The Bertz CT molecular complexity index is 346. The highest BCUT2D eigenvalue weighted by atomic mass is 16.3. The van der Waals surface area contributed by atoms with E-state index < -0.39 is 0 Å². The van der Waals surface area contributed by atoms with Crippen LogP contribution in [-0.2, 0) is 0 Å². The topological polar surface area (TPSA) is 20.2 Å². The van der Waals surface area contributed by atoms with Crippen molar-refractivity contribution in [1.29, 1.82) is 0 Å². The van der Waals surface area contributed by atoms with E-state index in [0.717, 1.165) is 17.9 Å². The number of hydrogen-bond donors (Lipinski definition) is 1. The normalized spacial score (nSPS) is 19.1. The molecule has 1 N–H and O–H groups in total. The van der Waals surface area contributed by atoms with E-state index in [0.29, 0.717) is 5.92 Å². The van der Waals surface area contributed by atoms with E-state index in [4.69, 9.17) is 0 Å². The summed E-state index contributed by atoms with van der Waals surface area (Å²) in [5, 5.41) is 10.3. The fourth-order valence-corrected chi connectivity index (χ4v) is 2.98. The van der Waals surface area contributed by atoms with E-state index in [1.54, 1.807) is 0 Å². The fourth-order valence-electron chi connectivity index (χ4n) is 2.98. The zero-order valence-electron chi connectivity index (χ0n) is 11.7. The Kier molecular flexibility index (Phi) is 4.82. The van der Waals surface area contributed by atoms with Crippen LogP contribution in [0.3, 0.4) is 0 Å². The third kappa shape index (κ3) is 3.58. The lowest BCUT2D eigenvalue weighted by molar-refractivity contribution is 0.131. The molecule has 1 aromatic rings. The lowest BCUT2D eigenvalue weighted by atomic mass is 9.84. The second kappa shape index (κ2) is 6.38. The third-order valence-electron chi connectivity index (χ3n) is 4.27. The highest BCUT2D eigenvalue weighted by Crippen LogP contribution is 2.32. The first-order valence-corrected chi connectivity index (χ1v) is 7.44. The zero-order valence-corrected chi connectivity index (χ0v) is 11.7. The van der Waals surface area contributed by atoms with Gasteiger partial charge < -0.3 is 5.11 Å². The molecular formula is C17H26O. The van der Waals surface area contributed by atoms with E-state index in [2.05, 4.69) is 38.1 Å². The molecule has 1 heteroatoms. The molecular weight excluding hydrogens is 220 g/mol. The molecule has 18 heavy (non-hydrogen) atoms. The molecule has 1 fully saturated rings. The Hall–Kier alpha value is -0.820. The van der Waals surface area contributed by atoms with Crippen molar-refractivity contribution in [2.75, 3.05) is 0 Å². The molecule has 1 nitrogen and oxygen atoms in total. The van der Waals surface area contributed by atoms with Crippen molar-refractivity contribution in [2.45, 2.75) is 64.4 Å². The van der Waals surface area contributed by atoms with Crippen LogP contribution in [0, 0.1) is 5.92 Å². The average Bonchev–Trinajstić information content (AvgIpc) is 2.40. The Labute approximate surface area is 111 Å². The van der Waals surface area contributed by atoms with Crippen LogP contribution in [-0.4, -0.2) is 5.11 Å². The fraction of sp³-hybridized carbons (Fsp3) is 0.647. The van der Waals surface area contributed by atoms with Crippen LogP contribution in [0.5, 0.6) is 0 Å². The standard InChI is InChI=1S/C17H26O/c1-13(2)15-8-10-16(11-9-15)17(18)12-14-6-4-3-5-7-14/h8-11,13-14,17-18H,3-7,12H2,1-2H3. The maximum absolute atomic E-state index is 10.3. The molecule has 1 aliphatic carbocycles. The summed E-state index contributed by atoms with van der Waals surface area (Å²) in [5.41, 5.74) is 2.44. The van der Waals surface area contributed by atoms with Crippen LogP contribution in [0.4, 0.5) is 0 Å². The molecule has 2 rings (SSSR count). The third-order valence-corrected chi connectivity index (χ3v) is 4.27. The van der Waals surface area contributed by atoms with E-state index in [1.807, 2.05) is 0 Å². The molecule has 0 bridgehead atoms. The molecule has 0 amide bonds. The summed E-state index contributed by atoms with van der Waals surface area (Å²) in [4.78, 5) is 0. The van der Waals surface area contributed by atoms with Gasteiger partial charge in [-0.2, -0.15) is 0 Å². The van der Waals surface area contributed by atoms with Gasteiger partial charge in [-0.3, -0.25) is 0 Å². The van der Waals surface area contributed by atoms with E-state index in [1.165, 1.54) is 37.7 Å². The minimum Gasteiger partial charge on any atom is -0.388 e. The van der Waals surface area contributed by atoms with Crippen molar-refractivity contribution < 1.29 is 5.11 Å². The zero-order chi connectivity index (χ0) is 13.0. The number of hydrogen-bond acceptors (Lipinski definition) is 1. The maximum atomic E-state index is 10.3. The minimum atomic E-state index is -0.269. The van der Waals surface area contributed by atoms with Crippen LogP contribution in [0.2, 0.25) is 0 Å². The number of aliphatic hydroxyl groups excluding tert-OH is 1. The second-order valence-corrected chi connectivity index (χ2v) is 6.08. The summed E-state index contributed by atoms with van der Waals surface area (Å²) in [7, 11) is 0. The molecule has 0 radical (unpaired) electrons. The van der Waals surface area contributed by atoms with Crippen LogP contribution >= 0.6 is 0 Å². The molecule has 0 spiro atoms. The van der Waals surface area contributed by atoms with Crippen LogP contribution < -0.4 is 0 Å². The molecule has 0 aliphatic heterocycles. The number of rotatable bonds is 4. The molecule has 1 unspecified atom stereocenters. The minimum absolute atomic E-state index is 0.269. The van der Waals surface area contributed by atoms with Crippen LogP contribution in [0.1, 0.15) is 75.5 Å². The van der Waals surface area contributed by atoms with Gasteiger partial charge in [0.2, 0.25) is 0 Å². The lowest BCUT2D eigenvalue weighted by Gasteiger charge is -2.24. The van der Waals surface area contributed by atoms with Crippen molar-refractivity contribution in [3.63, 3.8) is 0 Å². The summed E-state index contributed by atoms with van der Waals surface area (Å²) in [6.07, 6.45) is 7.38. The van der Waals surface area contributed by atoms with E-state index in [9.17, 15) is 5.11 Å². The summed E-state index contributed by atoms with van der Waals surface area (Å²) in [5.74, 6) is 1.30. The van der Waals surface area contributed by atoms with E-state index >= 15 is 0 Å². The van der Waals surface area contributed by atoms with Crippen molar-refractivity contribution in [3.8, 4) is 0 Å². The van der Waals surface area contributed by atoms with E-state index in [-0.39, 0.29) is 6.10 Å². The molecule has 1 aliphatic rings. The molecule has 1 atom stereocenters. The predicted molar refractivity (Wildman–Crippen MR) is 76.7 cm³/mol. The first-order chi connectivity index (χ1) is 8.66. The first-order valence-electron chi connectivity index (χ1n) is 7.44. The van der Waals surface area contributed by atoms with Crippen molar-refractivity contribution in [1.82, 2.24) is 0 Å². The molecule has 1 aromatic carbocycles. The Morgan fingerprint density at radius 3 is 2.11 bits per heavy atom. The van der Waals surface area contributed by atoms with Crippen LogP contribution in [0.25, 0.3) is 0 Å². The van der Waals surface area contributed by atoms with Crippen molar-refractivity contribution >= 4 is 0 Å². The quantitative estimate of drug-likeness (QED) is 0.808. The molecule has 100 valence electrons. The molecule has 1 saturated carbocycles. The van der Waals surface area contributed by atoms with Gasteiger partial charge in [-0.05, 0) is 29.4 Å². The van der Waals surface area contributed by atoms with Gasteiger partial charge in [0.1, 0.15) is 0 Å². The first kappa shape index (κ1) is 13.6. The van der Waals surface area contributed by atoms with Gasteiger partial charge in [0, 0.05) is 0 Å². The highest BCUT2D eigenvalue weighted by Gasteiger charge is 2.18. The highest BCUT2D eigenvalue weighted by molar-refractivity contribution is 5.26. The molecule has 0 saturated heterocycles.